The molecule has 4 heterocycles. The molecule has 0 aromatic carbocycles. The molecule has 4 aromatic heterocycles. The number of amides is 1. The van der Waals surface area contributed by atoms with Crippen molar-refractivity contribution in [1.82, 2.24) is 19.9 Å². The zero-order valence-electron chi connectivity index (χ0n) is 15.9. The third-order valence-corrected chi connectivity index (χ3v) is 4.44. The van der Waals surface area contributed by atoms with E-state index in [1.165, 1.54) is 0 Å². The minimum atomic E-state index is -0.138. The highest BCUT2D eigenvalue weighted by molar-refractivity contribution is 5.91. The molecule has 0 fully saturated rings. The van der Waals surface area contributed by atoms with E-state index in [2.05, 4.69) is 25.3 Å². The second-order valence-electron chi connectivity index (χ2n) is 6.62. The molecule has 0 bridgehead atoms. The molecule has 4 rings (SSSR count). The van der Waals surface area contributed by atoms with E-state index in [0.717, 1.165) is 33.6 Å². The second-order valence-corrected chi connectivity index (χ2v) is 6.62. The van der Waals surface area contributed by atoms with Crippen LogP contribution in [0.1, 0.15) is 11.1 Å². The van der Waals surface area contributed by atoms with Gasteiger partial charge in [-0.05, 0) is 54.4 Å². The maximum Gasteiger partial charge on any atom is 0.230 e. The summed E-state index contributed by atoms with van der Waals surface area (Å²) in [4.78, 5) is 29.6. The molecular weight excluding hydrogens is 362 g/mol. The van der Waals surface area contributed by atoms with Crippen molar-refractivity contribution in [2.75, 3.05) is 5.32 Å². The minimum Gasteiger partial charge on any atom is -0.310 e. The average Bonchev–Trinajstić information content (AvgIpc) is 2.75. The Morgan fingerprint density at radius 2 is 1.76 bits per heavy atom. The molecule has 0 aliphatic heterocycles. The molecule has 0 saturated carbocycles. The molecule has 0 aliphatic carbocycles. The van der Waals surface area contributed by atoms with Gasteiger partial charge >= 0.3 is 0 Å². The van der Waals surface area contributed by atoms with Crippen LogP contribution in [-0.4, -0.2) is 25.8 Å². The van der Waals surface area contributed by atoms with E-state index in [1.54, 1.807) is 37.1 Å². The molecule has 6 nitrogen and oxygen atoms in total. The summed E-state index contributed by atoms with van der Waals surface area (Å²) in [5.41, 5.74) is 5.50. The summed E-state index contributed by atoms with van der Waals surface area (Å²) in [6.07, 6.45) is 8.89. The van der Waals surface area contributed by atoms with Crippen LogP contribution in [0.2, 0.25) is 0 Å². The number of pyridine rings is 4. The predicted molar refractivity (Wildman–Crippen MR) is 112 cm³/mol. The zero-order chi connectivity index (χ0) is 20.1. The molecule has 1 N–H and O–H groups in total. The molecule has 0 aliphatic rings. The Morgan fingerprint density at radius 3 is 2.45 bits per heavy atom. The van der Waals surface area contributed by atoms with Crippen LogP contribution in [0.4, 0.5) is 5.82 Å². The maximum atomic E-state index is 12.4. The van der Waals surface area contributed by atoms with Gasteiger partial charge in [-0.15, -0.1) is 0 Å². The molecule has 6 heteroatoms. The van der Waals surface area contributed by atoms with Gasteiger partial charge in [-0.2, -0.15) is 0 Å². The lowest BCUT2D eigenvalue weighted by Gasteiger charge is -2.09. The number of aromatic nitrogens is 4. The van der Waals surface area contributed by atoms with Gasteiger partial charge in [-0.25, -0.2) is 4.98 Å². The molecule has 29 heavy (non-hydrogen) atoms. The molecule has 142 valence electrons. The fourth-order valence-electron chi connectivity index (χ4n) is 3.07. The number of hydrogen-bond acceptors (Lipinski definition) is 5. The van der Waals surface area contributed by atoms with Gasteiger partial charge in [0.2, 0.25) is 5.91 Å². The van der Waals surface area contributed by atoms with Gasteiger partial charge in [0.05, 0.1) is 17.8 Å². The summed E-state index contributed by atoms with van der Waals surface area (Å²) in [5.74, 6) is 0.369. The van der Waals surface area contributed by atoms with Crippen molar-refractivity contribution in [3.05, 3.63) is 90.6 Å². The first-order chi connectivity index (χ1) is 14.2. The van der Waals surface area contributed by atoms with Crippen LogP contribution >= 0.6 is 0 Å². The molecule has 0 saturated heterocycles. The van der Waals surface area contributed by atoms with E-state index in [-0.39, 0.29) is 12.3 Å². The maximum absolute atomic E-state index is 12.4. The topological polar surface area (TPSA) is 80.7 Å². The van der Waals surface area contributed by atoms with Gasteiger partial charge in [0.15, 0.2) is 0 Å². The highest BCUT2D eigenvalue weighted by Crippen LogP contribution is 2.21. The van der Waals surface area contributed by atoms with E-state index in [9.17, 15) is 4.79 Å². The number of carbonyl (C=O) groups is 1. The molecule has 0 spiro atoms. The van der Waals surface area contributed by atoms with Crippen molar-refractivity contribution >= 4 is 11.7 Å². The quantitative estimate of drug-likeness (QED) is 0.563. The Morgan fingerprint density at radius 1 is 0.897 bits per heavy atom. The van der Waals surface area contributed by atoms with Crippen molar-refractivity contribution in [2.24, 2.45) is 0 Å². The van der Waals surface area contributed by atoms with Crippen molar-refractivity contribution in [3.8, 4) is 22.5 Å². The Balaban J connectivity index is 1.41. The summed E-state index contributed by atoms with van der Waals surface area (Å²) in [6, 6.07) is 15.2. The van der Waals surface area contributed by atoms with E-state index >= 15 is 0 Å². The molecule has 0 atom stereocenters. The summed E-state index contributed by atoms with van der Waals surface area (Å²) in [5, 5.41) is 2.83. The van der Waals surface area contributed by atoms with E-state index in [4.69, 9.17) is 0 Å². The Kier molecular flexibility index (Phi) is 5.33. The van der Waals surface area contributed by atoms with Gasteiger partial charge in [-0.1, -0.05) is 12.1 Å². The van der Waals surface area contributed by atoms with Crippen molar-refractivity contribution < 1.29 is 4.79 Å². The van der Waals surface area contributed by atoms with Crippen molar-refractivity contribution in [3.63, 3.8) is 0 Å². The standard InChI is InChI=1S/C23H19N5O/c1-16-12-17(14-27-23(16)18-7-10-24-11-8-18)13-22(29)28-21-6-5-19(15-26-21)20-4-2-3-9-25-20/h2-12,14-15H,13H2,1H3,(H,26,28,29). The molecular formula is C23H19N5O. The number of nitrogens with zero attached hydrogens (tertiary/aromatic N) is 4. The largest absolute Gasteiger partial charge is 0.310 e. The van der Waals surface area contributed by atoms with Crippen LogP contribution in [0.15, 0.2) is 79.5 Å². The number of hydrogen-bond donors (Lipinski definition) is 1. The van der Waals surface area contributed by atoms with Crippen LogP contribution in [0.3, 0.4) is 0 Å². The number of carbonyl (C=O) groups excluding carboxylic acids is 1. The molecule has 0 radical (unpaired) electrons. The zero-order valence-corrected chi connectivity index (χ0v) is 15.9. The second kappa shape index (κ2) is 8.39. The van der Waals surface area contributed by atoms with Crippen molar-refractivity contribution in [2.45, 2.75) is 13.3 Å². The van der Waals surface area contributed by atoms with E-state index in [0.29, 0.717) is 5.82 Å². The Bertz CT molecular complexity index is 1110. The highest BCUT2D eigenvalue weighted by Gasteiger charge is 2.09. The first kappa shape index (κ1) is 18.4. The van der Waals surface area contributed by atoms with Crippen LogP contribution in [0, 0.1) is 6.92 Å². The van der Waals surface area contributed by atoms with E-state index in [1.807, 2.05) is 49.4 Å². The van der Waals surface area contributed by atoms with Crippen LogP contribution in [0.5, 0.6) is 0 Å². The summed E-state index contributed by atoms with van der Waals surface area (Å²) < 4.78 is 0. The monoisotopic (exact) mass is 381 g/mol. The van der Waals surface area contributed by atoms with Gasteiger partial charge in [0.25, 0.3) is 0 Å². The van der Waals surface area contributed by atoms with Gasteiger partial charge in [0, 0.05) is 42.1 Å². The van der Waals surface area contributed by atoms with E-state index < -0.39 is 0 Å². The average molecular weight is 381 g/mol. The summed E-state index contributed by atoms with van der Waals surface area (Å²) >= 11 is 0. The predicted octanol–water partition coefficient (Wildman–Crippen LogP) is 4.09. The smallest absolute Gasteiger partial charge is 0.230 e. The lowest BCUT2D eigenvalue weighted by atomic mass is 10.1. The Hall–Kier alpha value is -3.93. The third-order valence-electron chi connectivity index (χ3n) is 4.44. The number of nitrogens with one attached hydrogen (secondary N) is 1. The van der Waals surface area contributed by atoms with Crippen LogP contribution < -0.4 is 5.32 Å². The number of rotatable bonds is 5. The SMILES string of the molecule is Cc1cc(CC(=O)Nc2ccc(-c3ccccn3)cn2)cnc1-c1ccncc1. The number of aryl methyl sites for hydroxylation is 1. The van der Waals surface area contributed by atoms with Gasteiger partial charge in [-0.3, -0.25) is 19.7 Å². The van der Waals surface area contributed by atoms with Gasteiger partial charge < -0.3 is 5.32 Å². The van der Waals surface area contributed by atoms with Crippen LogP contribution in [-0.2, 0) is 11.2 Å². The lowest BCUT2D eigenvalue weighted by molar-refractivity contribution is -0.115. The molecule has 4 aromatic rings. The normalized spacial score (nSPS) is 10.5. The fraction of sp³-hybridized carbons (Fsp3) is 0.0870. The fourth-order valence-corrected chi connectivity index (χ4v) is 3.07. The van der Waals surface area contributed by atoms with Gasteiger partial charge in [0.1, 0.15) is 5.82 Å². The molecule has 1 amide bonds. The molecule has 0 unspecified atom stereocenters. The third kappa shape index (κ3) is 4.50. The first-order valence-electron chi connectivity index (χ1n) is 9.22. The lowest BCUT2D eigenvalue weighted by Crippen LogP contribution is -2.15. The summed E-state index contributed by atoms with van der Waals surface area (Å²) in [6.45, 7) is 1.99. The van der Waals surface area contributed by atoms with Crippen molar-refractivity contribution in [1.29, 1.82) is 0 Å². The highest BCUT2D eigenvalue weighted by atomic mass is 16.1. The Labute approximate surface area is 168 Å². The number of anilines is 1. The first-order valence-corrected chi connectivity index (χ1v) is 9.22. The van der Waals surface area contributed by atoms with Crippen LogP contribution in [0.25, 0.3) is 22.5 Å². The summed E-state index contributed by atoms with van der Waals surface area (Å²) in [7, 11) is 0. The minimum absolute atomic E-state index is 0.138.